The highest BCUT2D eigenvalue weighted by Crippen LogP contribution is 2.08. The Bertz CT molecular complexity index is 605. The van der Waals surface area contributed by atoms with E-state index in [0.29, 0.717) is 12.1 Å². The van der Waals surface area contributed by atoms with Crippen LogP contribution in [0.2, 0.25) is 0 Å². The summed E-state index contributed by atoms with van der Waals surface area (Å²) in [5.74, 6) is -1.33. The van der Waals surface area contributed by atoms with E-state index in [9.17, 15) is 14.9 Å². The summed E-state index contributed by atoms with van der Waals surface area (Å²) in [6, 6.07) is 6.92. The van der Waals surface area contributed by atoms with Crippen LogP contribution in [-0.2, 0) is 17.8 Å². The molecule has 0 aliphatic carbocycles. The van der Waals surface area contributed by atoms with Crippen molar-refractivity contribution in [2.75, 3.05) is 0 Å². The van der Waals surface area contributed by atoms with Crippen molar-refractivity contribution in [3.63, 3.8) is 0 Å². The zero-order chi connectivity index (χ0) is 13.8. The van der Waals surface area contributed by atoms with E-state index in [2.05, 4.69) is 10.1 Å². The smallest absolute Gasteiger partial charge is 0.481 e. The summed E-state index contributed by atoms with van der Waals surface area (Å²) in [6.07, 6.45) is 1.25. The van der Waals surface area contributed by atoms with Crippen molar-refractivity contribution >= 4 is 11.9 Å². The van der Waals surface area contributed by atoms with Gasteiger partial charge in [-0.05, 0) is 16.1 Å². The number of carbonyl (C=O) groups is 1. The van der Waals surface area contributed by atoms with Gasteiger partial charge in [0.25, 0.3) is 0 Å². The van der Waals surface area contributed by atoms with Gasteiger partial charge < -0.3 is 15.2 Å². The Labute approximate surface area is 107 Å². The summed E-state index contributed by atoms with van der Waals surface area (Å²) < 4.78 is 1.35. The molecule has 0 spiro atoms. The van der Waals surface area contributed by atoms with Crippen molar-refractivity contribution in [1.82, 2.24) is 14.8 Å². The number of nitro groups is 1. The summed E-state index contributed by atoms with van der Waals surface area (Å²) in [5.41, 5.74) is 1.55. The summed E-state index contributed by atoms with van der Waals surface area (Å²) >= 11 is 0. The lowest BCUT2D eigenvalue weighted by Crippen LogP contribution is -2.03. The van der Waals surface area contributed by atoms with Crippen molar-refractivity contribution in [1.29, 1.82) is 0 Å². The molecule has 0 atom stereocenters. The third-order valence-corrected chi connectivity index (χ3v) is 2.41. The van der Waals surface area contributed by atoms with Crippen molar-refractivity contribution < 1.29 is 14.8 Å². The monoisotopic (exact) mass is 262 g/mol. The van der Waals surface area contributed by atoms with E-state index in [4.69, 9.17) is 5.11 Å². The van der Waals surface area contributed by atoms with Crippen LogP contribution in [0.15, 0.2) is 30.6 Å². The fraction of sp³-hybridized carbons (Fsp3) is 0.182. The fourth-order valence-corrected chi connectivity index (χ4v) is 1.57. The van der Waals surface area contributed by atoms with Gasteiger partial charge in [-0.2, -0.15) is 4.68 Å². The van der Waals surface area contributed by atoms with E-state index in [1.54, 1.807) is 24.3 Å². The van der Waals surface area contributed by atoms with Crippen LogP contribution in [0.3, 0.4) is 0 Å². The number of benzene rings is 1. The number of hydrogen-bond donors (Lipinski definition) is 1. The van der Waals surface area contributed by atoms with E-state index in [0.717, 1.165) is 5.56 Å². The summed E-state index contributed by atoms with van der Waals surface area (Å²) in [6.45, 7) is 0.341. The maximum atomic E-state index is 10.5. The molecule has 2 rings (SSSR count). The summed E-state index contributed by atoms with van der Waals surface area (Å²) in [4.78, 5) is 23.8. The molecule has 0 saturated carbocycles. The average Bonchev–Trinajstić information content (AvgIpc) is 2.80. The molecular formula is C11H10N4O4. The number of rotatable bonds is 5. The van der Waals surface area contributed by atoms with E-state index in [-0.39, 0.29) is 6.42 Å². The molecule has 1 N–H and O–H groups in total. The predicted molar refractivity (Wildman–Crippen MR) is 63.6 cm³/mol. The molecule has 0 unspecified atom stereocenters. The largest absolute Gasteiger partial charge is 0.490 e. The van der Waals surface area contributed by atoms with Gasteiger partial charge in [-0.15, -0.1) is 0 Å². The number of aliphatic carboxylic acids is 1. The lowest BCUT2D eigenvalue weighted by molar-refractivity contribution is -0.394. The van der Waals surface area contributed by atoms with Gasteiger partial charge in [-0.1, -0.05) is 29.2 Å². The van der Waals surface area contributed by atoms with Crippen LogP contribution in [0.25, 0.3) is 0 Å². The third kappa shape index (κ3) is 3.35. The zero-order valence-electron chi connectivity index (χ0n) is 9.76. The van der Waals surface area contributed by atoms with Crippen LogP contribution in [0.4, 0.5) is 5.95 Å². The van der Waals surface area contributed by atoms with Gasteiger partial charge >= 0.3 is 11.9 Å². The molecule has 1 aromatic carbocycles. The second-order valence-corrected chi connectivity index (χ2v) is 3.89. The Balaban J connectivity index is 2.06. The fourth-order valence-electron chi connectivity index (χ4n) is 1.57. The molecule has 19 heavy (non-hydrogen) atoms. The molecular weight excluding hydrogens is 252 g/mol. The van der Waals surface area contributed by atoms with Crippen LogP contribution >= 0.6 is 0 Å². The Hall–Kier alpha value is -2.77. The highest BCUT2D eigenvalue weighted by Gasteiger charge is 2.13. The number of carboxylic acids is 1. The minimum Gasteiger partial charge on any atom is -0.481 e. The summed E-state index contributed by atoms with van der Waals surface area (Å²) in [7, 11) is 0. The Morgan fingerprint density at radius 1 is 1.32 bits per heavy atom. The molecule has 0 amide bonds. The maximum absolute atomic E-state index is 10.5. The third-order valence-electron chi connectivity index (χ3n) is 2.41. The lowest BCUT2D eigenvalue weighted by Gasteiger charge is -2.00. The van der Waals surface area contributed by atoms with Gasteiger partial charge in [0.05, 0.1) is 13.0 Å². The Morgan fingerprint density at radius 2 is 1.95 bits per heavy atom. The van der Waals surface area contributed by atoms with E-state index >= 15 is 0 Å². The molecule has 0 aliphatic heterocycles. The molecule has 2 aromatic rings. The number of carboxylic acid groups (broad SMARTS) is 1. The van der Waals surface area contributed by atoms with Crippen LogP contribution in [0.1, 0.15) is 11.1 Å². The van der Waals surface area contributed by atoms with Gasteiger partial charge in [0.15, 0.2) is 0 Å². The zero-order valence-corrected chi connectivity index (χ0v) is 9.76. The first-order chi connectivity index (χ1) is 9.04. The SMILES string of the molecule is O=C(O)Cc1ccc(Cn2cnc([N+](=O)[O-])n2)cc1. The maximum Gasteiger partial charge on any atom is 0.490 e. The normalized spacial score (nSPS) is 10.3. The second kappa shape index (κ2) is 5.25. The molecule has 0 fully saturated rings. The predicted octanol–water partition coefficient (Wildman–Crippen LogP) is 0.862. The standard InChI is InChI=1S/C11H10N4O4/c16-10(17)5-8-1-3-9(4-2-8)6-14-7-12-11(13-14)15(18)19/h1-4,7H,5-6H2,(H,16,17). The van der Waals surface area contributed by atoms with Crippen LogP contribution in [-0.4, -0.2) is 30.8 Å². The van der Waals surface area contributed by atoms with Crippen LogP contribution in [0.5, 0.6) is 0 Å². The molecule has 1 aromatic heterocycles. The lowest BCUT2D eigenvalue weighted by atomic mass is 10.1. The highest BCUT2D eigenvalue weighted by atomic mass is 16.6. The van der Waals surface area contributed by atoms with Crippen molar-refractivity contribution in [2.24, 2.45) is 0 Å². The van der Waals surface area contributed by atoms with Crippen molar-refractivity contribution in [3.8, 4) is 0 Å². The topological polar surface area (TPSA) is 111 Å². The quantitative estimate of drug-likeness (QED) is 0.631. The molecule has 8 nitrogen and oxygen atoms in total. The molecule has 0 bridgehead atoms. The molecule has 0 radical (unpaired) electrons. The Morgan fingerprint density at radius 3 is 2.47 bits per heavy atom. The molecule has 98 valence electrons. The van der Waals surface area contributed by atoms with Crippen molar-refractivity contribution in [2.45, 2.75) is 13.0 Å². The first kappa shape index (κ1) is 12.7. The summed E-state index contributed by atoms with van der Waals surface area (Å²) in [5, 5.41) is 22.8. The Kier molecular flexibility index (Phi) is 3.51. The highest BCUT2D eigenvalue weighted by molar-refractivity contribution is 5.70. The van der Waals surface area contributed by atoms with Gasteiger partial charge in [0, 0.05) is 5.10 Å². The van der Waals surface area contributed by atoms with Gasteiger partial charge in [0.1, 0.15) is 0 Å². The van der Waals surface area contributed by atoms with Crippen molar-refractivity contribution in [3.05, 3.63) is 51.8 Å². The van der Waals surface area contributed by atoms with E-state index in [1.807, 2.05) is 0 Å². The number of nitrogens with zero attached hydrogens (tertiary/aromatic N) is 4. The van der Waals surface area contributed by atoms with Crippen LogP contribution in [0, 0.1) is 10.1 Å². The molecule has 0 aliphatic rings. The molecule has 1 heterocycles. The van der Waals surface area contributed by atoms with Gasteiger partial charge in [0.2, 0.25) is 6.33 Å². The van der Waals surface area contributed by atoms with Crippen LogP contribution < -0.4 is 0 Å². The van der Waals surface area contributed by atoms with Gasteiger partial charge in [-0.25, -0.2) is 0 Å². The molecule has 0 saturated heterocycles. The molecule has 8 heteroatoms. The number of aromatic nitrogens is 3. The number of hydrogen-bond acceptors (Lipinski definition) is 5. The van der Waals surface area contributed by atoms with E-state index < -0.39 is 16.8 Å². The first-order valence-electron chi connectivity index (χ1n) is 5.38. The minimum atomic E-state index is -0.889. The second-order valence-electron chi connectivity index (χ2n) is 3.89. The minimum absolute atomic E-state index is 0.0327. The van der Waals surface area contributed by atoms with Gasteiger partial charge in [-0.3, -0.25) is 4.79 Å². The van der Waals surface area contributed by atoms with E-state index in [1.165, 1.54) is 11.0 Å². The first-order valence-corrected chi connectivity index (χ1v) is 5.38. The average molecular weight is 262 g/mol.